The summed E-state index contributed by atoms with van der Waals surface area (Å²) in [4.78, 5) is 13.2. The number of carbonyl (C=O) groups excluding carboxylic acids is 1. The van der Waals surface area contributed by atoms with Gasteiger partial charge >= 0.3 is 5.97 Å². The van der Waals surface area contributed by atoms with Crippen molar-refractivity contribution < 1.29 is 23.7 Å². The summed E-state index contributed by atoms with van der Waals surface area (Å²) in [6.45, 7) is 2.81. The van der Waals surface area contributed by atoms with E-state index in [1.165, 1.54) is 7.11 Å². The van der Waals surface area contributed by atoms with E-state index in [9.17, 15) is 4.79 Å². The van der Waals surface area contributed by atoms with Gasteiger partial charge in [-0.2, -0.15) is 0 Å². The number of hydrogen-bond donors (Lipinski definition) is 1. The second kappa shape index (κ2) is 10.5. The van der Waals surface area contributed by atoms with Crippen LogP contribution < -0.4 is 19.5 Å². The number of anilines is 1. The molecule has 0 aliphatic carbocycles. The van der Waals surface area contributed by atoms with Crippen LogP contribution in [0.1, 0.15) is 40.4 Å². The summed E-state index contributed by atoms with van der Waals surface area (Å²) in [5.74, 6) is 1.71. The molecule has 0 radical (unpaired) electrons. The minimum absolute atomic E-state index is 0.416. The number of nitrogens with one attached hydrogen (secondary N) is 1. The predicted octanol–water partition coefficient (Wildman–Crippen LogP) is 6.81. The van der Waals surface area contributed by atoms with Crippen LogP contribution in [0.25, 0.3) is 16.8 Å². The van der Waals surface area contributed by atoms with Gasteiger partial charge in [-0.15, -0.1) is 0 Å². The topological polar surface area (TPSA) is 66.0 Å². The van der Waals surface area contributed by atoms with Gasteiger partial charge in [0.05, 0.1) is 32.6 Å². The van der Waals surface area contributed by atoms with Crippen LogP contribution in [0, 0.1) is 0 Å². The largest absolute Gasteiger partial charge is 0.497 e. The second-order valence-electron chi connectivity index (χ2n) is 9.08. The number of esters is 1. The highest BCUT2D eigenvalue weighted by Gasteiger charge is 2.40. The molecule has 0 amide bonds. The standard InChI is InChI=1S/C32H31NO5/c1-5-20-33-29-25-8-6-7-9-26(25)30-27(28(29)31(34)37-4)18-19-32(38-30,21-10-14-23(35-2)15-11-21)22-12-16-24(36-3)17-13-22/h6-19,33H,5,20H2,1-4H3. The average Bonchev–Trinajstić information content (AvgIpc) is 2.99. The van der Waals surface area contributed by atoms with Gasteiger partial charge in [0.1, 0.15) is 17.2 Å². The Bertz CT molecular complexity index is 1440. The molecule has 0 aromatic heterocycles. The number of carbonyl (C=O) groups is 1. The zero-order valence-electron chi connectivity index (χ0n) is 22.0. The minimum Gasteiger partial charge on any atom is -0.497 e. The van der Waals surface area contributed by atoms with E-state index >= 15 is 0 Å². The molecule has 1 N–H and O–H groups in total. The molecule has 194 valence electrons. The van der Waals surface area contributed by atoms with Crippen molar-refractivity contribution in [2.24, 2.45) is 0 Å². The van der Waals surface area contributed by atoms with Crippen molar-refractivity contribution in [2.45, 2.75) is 18.9 Å². The zero-order valence-corrected chi connectivity index (χ0v) is 22.0. The van der Waals surface area contributed by atoms with E-state index < -0.39 is 11.6 Å². The highest BCUT2D eigenvalue weighted by molar-refractivity contribution is 6.13. The second-order valence-corrected chi connectivity index (χ2v) is 9.08. The predicted molar refractivity (Wildman–Crippen MR) is 150 cm³/mol. The number of ether oxygens (including phenoxy) is 4. The summed E-state index contributed by atoms with van der Waals surface area (Å²) in [6.07, 6.45) is 4.89. The Morgan fingerprint density at radius 1 is 0.842 bits per heavy atom. The van der Waals surface area contributed by atoms with E-state index in [0.29, 0.717) is 16.9 Å². The fourth-order valence-electron chi connectivity index (χ4n) is 4.99. The first-order chi connectivity index (χ1) is 18.6. The molecule has 0 bridgehead atoms. The van der Waals surface area contributed by atoms with Gasteiger partial charge in [-0.25, -0.2) is 4.79 Å². The molecule has 0 spiro atoms. The number of methoxy groups -OCH3 is 3. The summed E-state index contributed by atoms with van der Waals surface area (Å²) in [5, 5.41) is 5.27. The Balaban J connectivity index is 1.79. The maximum Gasteiger partial charge on any atom is 0.340 e. The molecule has 5 rings (SSSR count). The van der Waals surface area contributed by atoms with Crippen molar-refractivity contribution in [3.63, 3.8) is 0 Å². The molecule has 38 heavy (non-hydrogen) atoms. The van der Waals surface area contributed by atoms with E-state index in [2.05, 4.69) is 12.2 Å². The molecule has 0 atom stereocenters. The lowest BCUT2D eigenvalue weighted by atomic mass is 9.82. The summed E-state index contributed by atoms with van der Waals surface area (Å²) >= 11 is 0. The third-order valence-corrected chi connectivity index (χ3v) is 6.93. The first-order valence-electron chi connectivity index (χ1n) is 12.6. The monoisotopic (exact) mass is 509 g/mol. The first-order valence-corrected chi connectivity index (χ1v) is 12.6. The van der Waals surface area contributed by atoms with Gasteiger partial charge in [0.25, 0.3) is 0 Å². The normalized spacial score (nSPS) is 13.4. The Labute approximate surface area is 222 Å². The van der Waals surface area contributed by atoms with Crippen molar-refractivity contribution in [1.29, 1.82) is 0 Å². The first kappa shape index (κ1) is 25.2. The van der Waals surface area contributed by atoms with Crippen LogP contribution in [0.4, 0.5) is 5.69 Å². The molecule has 0 saturated heterocycles. The Morgan fingerprint density at radius 2 is 1.42 bits per heavy atom. The lowest BCUT2D eigenvalue weighted by molar-refractivity contribution is 0.0600. The van der Waals surface area contributed by atoms with Gasteiger partial charge in [-0.05, 0) is 42.8 Å². The Morgan fingerprint density at radius 3 is 1.95 bits per heavy atom. The summed E-state index contributed by atoms with van der Waals surface area (Å²) < 4.78 is 23.1. The van der Waals surface area contributed by atoms with Crippen LogP contribution in [0.2, 0.25) is 0 Å². The molecule has 0 saturated carbocycles. The zero-order chi connectivity index (χ0) is 26.7. The van der Waals surface area contributed by atoms with Crippen molar-refractivity contribution in [2.75, 3.05) is 33.2 Å². The molecule has 1 aliphatic heterocycles. The molecule has 0 fully saturated rings. The highest BCUT2D eigenvalue weighted by atomic mass is 16.5. The van der Waals surface area contributed by atoms with Gasteiger partial charge in [-0.1, -0.05) is 55.5 Å². The van der Waals surface area contributed by atoms with E-state index in [0.717, 1.165) is 52.1 Å². The lowest BCUT2D eigenvalue weighted by Crippen LogP contribution is -2.35. The molecule has 1 aliphatic rings. The maximum absolute atomic E-state index is 13.2. The van der Waals surface area contributed by atoms with Gasteiger partial charge in [0.15, 0.2) is 5.60 Å². The quantitative estimate of drug-likeness (QED) is 0.263. The van der Waals surface area contributed by atoms with Crippen LogP contribution in [0.5, 0.6) is 17.2 Å². The molecular weight excluding hydrogens is 478 g/mol. The Hall–Kier alpha value is -4.45. The average molecular weight is 510 g/mol. The molecule has 1 heterocycles. The molecule has 6 nitrogen and oxygen atoms in total. The number of benzene rings is 4. The van der Waals surface area contributed by atoms with Crippen LogP contribution in [0.15, 0.2) is 78.9 Å². The van der Waals surface area contributed by atoms with Crippen LogP contribution in [0.3, 0.4) is 0 Å². The molecular formula is C32H31NO5. The highest BCUT2D eigenvalue weighted by Crippen LogP contribution is 2.49. The molecule has 0 unspecified atom stereocenters. The maximum atomic E-state index is 13.2. The van der Waals surface area contributed by atoms with Crippen molar-refractivity contribution in [3.8, 4) is 17.2 Å². The fraction of sp³-hybridized carbons (Fsp3) is 0.219. The number of fused-ring (bicyclic) bond motifs is 3. The van der Waals surface area contributed by atoms with E-state index in [1.807, 2.05) is 84.9 Å². The summed E-state index contributed by atoms with van der Waals surface area (Å²) in [7, 11) is 4.69. The molecule has 4 aromatic rings. The van der Waals surface area contributed by atoms with E-state index in [1.54, 1.807) is 14.2 Å². The van der Waals surface area contributed by atoms with Crippen LogP contribution >= 0.6 is 0 Å². The minimum atomic E-state index is -0.958. The van der Waals surface area contributed by atoms with Crippen molar-refractivity contribution in [3.05, 3.63) is 101 Å². The van der Waals surface area contributed by atoms with E-state index in [4.69, 9.17) is 18.9 Å². The van der Waals surface area contributed by atoms with Gasteiger partial charge < -0.3 is 24.3 Å². The van der Waals surface area contributed by atoms with Crippen LogP contribution in [-0.2, 0) is 10.3 Å². The van der Waals surface area contributed by atoms with Crippen molar-refractivity contribution in [1.82, 2.24) is 0 Å². The fourth-order valence-corrected chi connectivity index (χ4v) is 4.99. The van der Waals surface area contributed by atoms with E-state index in [-0.39, 0.29) is 0 Å². The number of rotatable bonds is 8. The summed E-state index contributed by atoms with van der Waals surface area (Å²) in [5.41, 5.74) is 2.78. The SMILES string of the molecule is CCCNc1c(C(=O)OC)c2c(c3ccccc13)OC(c1ccc(OC)cc1)(c1ccc(OC)cc1)C=C2. The lowest BCUT2D eigenvalue weighted by Gasteiger charge is -2.37. The third-order valence-electron chi connectivity index (χ3n) is 6.93. The van der Waals surface area contributed by atoms with Gasteiger partial charge in [0.2, 0.25) is 0 Å². The number of hydrogen-bond acceptors (Lipinski definition) is 6. The Kier molecular flexibility index (Phi) is 6.97. The summed E-state index contributed by atoms with van der Waals surface area (Å²) in [6, 6.07) is 23.6. The van der Waals surface area contributed by atoms with Gasteiger partial charge in [0, 0.05) is 34.0 Å². The van der Waals surface area contributed by atoms with Crippen molar-refractivity contribution >= 4 is 28.5 Å². The smallest absolute Gasteiger partial charge is 0.340 e. The van der Waals surface area contributed by atoms with Crippen LogP contribution in [-0.4, -0.2) is 33.8 Å². The molecule has 6 heteroatoms. The van der Waals surface area contributed by atoms with Gasteiger partial charge in [-0.3, -0.25) is 0 Å². The molecule has 4 aromatic carbocycles. The third kappa shape index (κ3) is 4.22.